The zero-order valence-electron chi connectivity index (χ0n) is 36.0. The molecule has 7 amide bonds. The number of carboxylic acids is 2. The molecule has 354 valence electrons. The molecule has 64 heavy (non-hydrogen) atoms. The van der Waals surface area contributed by atoms with E-state index in [4.69, 9.17) is 12.2 Å². The first-order valence-electron chi connectivity index (χ1n) is 19.9. The quantitative estimate of drug-likeness (QED) is 0.0528. The van der Waals surface area contributed by atoms with Crippen LogP contribution in [0.5, 0.6) is 0 Å². The molecule has 1 aliphatic rings. The van der Waals surface area contributed by atoms with Gasteiger partial charge in [0.15, 0.2) is 0 Å². The van der Waals surface area contributed by atoms with Crippen LogP contribution in [0.15, 0.2) is 24.3 Å². The third kappa shape index (κ3) is 18.6. The van der Waals surface area contributed by atoms with Gasteiger partial charge in [-0.3, -0.25) is 48.1 Å². The van der Waals surface area contributed by atoms with Gasteiger partial charge in [-0.05, 0) is 42.2 Å². The summed E-state index contributed by atoms with van der Waals surface area (Å²) < 4.78 is 39.2. The number of rotatable bonds is 24. The number of alkyl halides is 3. The number of aryl methyl sites for hydroxylation is 1. The summed E-state index contributed by atoms with van der Waals surface area (Å²) >= 11 is 6.04. The highest BCUT2D eigenvalue weighted by molar-refractivity contribution is 8.23. The van der Waals surface area contributed by atoms with Gasteiger partial charge in [0.2, 0.25) is 41.4 Å². The van der Waals surface area contributed by atoms with Gasteiger partial charge in [-0.2, -0.15) is 13.2 Å². The number of carboxylic acid groups (broad SMARTS) is 2. The van der Waals surface area contributed by atoms with Gasteiger partial charge in [0.1, 0.15) is 47.4 Å². The number of amides is 7. The SMILES string of the molecule is Cc1ccccc1C[C@H](NC(=O)[C@H](CCC(=O)O)NC(=O)[C@H](CC(=O)O)NC(=O)CN1C(=O)CSC1=S)C(=O)N[C@H](C(=O)N[C@@H](CC(C)C)C(=O)N[C@H](C=O)CC(F)(F)F)C(C)(C)C. The molecule has 0 aliphatic carbocycles. The van der Waals surface area contributed by atoms with Crippen LogP contribution in [-0.4, -0.2) is 134 Å². The predicted molar refractivity (Wildman–Crippen MR) is 228 cm³/mol. The molecule has 8 N–H and O–H groups in total. The molecule has 1 aromatic rings. The van der Waals surface area contributed by atoms with E-state index in [2.05, 4.69) is 26.6 Å². The Labute approximate surface area is 376 Å². The summed E-state index contributed by atoms with van der Waals surface area (Å²) in [4.78, 5) is 130. The minimum atomic E-state index is -4.80. The van der Waals surface area contributed by atoms with Crippen molar-refractivity contribution in [2.24, 2.45) is 11.3 Å². The molecule has 24 heteroatoms. The van der Waals surface area contributed by atoms with E-state index in [0.717, 1.165) is 16.7 Å². The van der Waals surface area contributed by atoms with Gasteiger partial charge in [0.25, 0.3) is 0 Å². The average molecular weight is 946 g/mol. The van der Waals surface area contributed by atoms with Crippen LogP contribution in [0.3, 0.4) is 0 Å². The van der Waals surface area contributed by atoms with Crippen LogP contribution < -0.4 is 31.9 Å². The topological polar surface area (TPSA) is 287 Å². The molecule has 0 radical (unpaired) electrons. The number of aldehydes is 1. The molecule has 2 rings (SSSR count). The van der Waals surface area contributed by atoms with Crippen LogP contribution in [-0.2, 0) is 54.4 Å². The first-order valence-corrected chi connectivity index (χ1v) is 21.3. The lowest BCUT2D eigenvalue weighted by Gasteiger charge is -2.34. The van der Waals surface area contributed by atoms with Crippen LogP contribution in [0, 0.1) is 18.3 Å². The van der Waals surface area contributed by atoms with Crippen molar-refractivity contribution < 1.29 is 71.3 Å². The summed E-state index contributed by atoms with van der Waals surface area (Å²) in [5.74, 6) is -10.1. The van der Waals surface area contributed by atoms with Crippen molar-refractivity contribution in [3.63, 3.8) is 0 Å². The largest absolute Gasteiger partial charge is 0.481 e. The lowest BCUT2D eigenvalue weighted by Crippen LogP contribution is -2.62. The molecular formula is C40H54F3N7O12S2. The molecule has 1 aliphatic heterocycles. The standard InChI is InChI=1S/C40H54F3N7O12S2/c1-20(2)13-25(34(59)44-23(18-51)16-40(41,42)43)48-37(62)32(39(4,5)6)49-36(61)26(14-22-10-8-7-9-21(22)3)47-33(58)24(11-12-30(54)55)46-35(60)27(15-31(56)57)45-28(52)17-50-29(53)19-64-38(50)63/h7-10,18,20,23-27,32H,11-17,19H2,1-6H3,(H,44,59)(H,45,52)(H,46,60)(H,47,58)(H,48,62)(H,49,61)(H,54,55)(H,56,57)/t23-,24-,25-,26-,27-,32+/m0/s1. The van der Waals surface area contributed by atoms with Crippen molar-refractivity contribution >= 4 is 87.9 Å². The van der Waals surface area contributed by atoms with Gasteiger partial charge in [-0.1, -0.05) is 82.9 Å². The van der Waals surface area contributed by atoms with E-state index in [1.807, 2.05) is 5.32 Å². The number of halogens is 3. The Bertz CT molecular complexity index is 1930. The zero-order chi connectivity index (χ0) is 48.7. The van der Waals surface area contributed by atoms with Crippen molar-refractivity contribution in [3.8, 4) is 0 Å². The van der Waals surface area contributed by atoms with Gasteiger partial charge in [0.05, 0.1) is 24.6 Å². The fraction of sp³-hybridized carbons (Fsp3) is 0.575. The van der Waals surface area contributed by atoms with E-state index in [1.165, 1.54) is 0 Å². The van der Waals surface area contributed by atoms with E-state index in [9.17, 15) is 71.3 Å². The maximum absolute atomic E-state index is 14.3. The second-order valence-corrected chi connectivity index (χ2v) is 18.1. The molecular weight excluding hydrogens is 892 g/mol. The van der Waals surface area contributed by atoms with Crippen molar-refractivity contribution in [2.45, 2.75) is 122 Å². The number of thioether (sulfide) groups is 1. The van der Waals surface area contributed by atoms with Crippen LogP contribution in [0.1, 0.15) is 77.8 Å². The highest BCUT2D eigenvalue weighted by Gasteiger charge is 2.39. The van der Waals surface area contributed by atoms with Crippen LogP contribution in [0.4, 0.5) is 13.2 Å². The molecule has 0 aromatic heterocycles. The molecule has 1 saturated heterocycles. The summed E-state index contributed by atoms with van der Waals surface area (Å²) in [6, 6.07) is -3.34. The van der Waals surface area contributed by atoms with Gasteiger partial charge in [0, 0.05) is 12.8 Å². The number of carbonyl (C=O) groups is 10. The number of hydrogen-bond donors (Lipinski definition) is 8. The monoisotopic (exact) mass is 945 g/mol. The molecule has 19 nitrogen and oxygen atoms in total. The molecule has 1 fully saturated rings. The number of hydrogen-bond acceptors (Lipinski definition) is 12. The van der Waals surface area contributed by atoms with Gasteiger partial charge < -0.3 is 46.9 Å². The van der Waals surface area contributed by atoms with Crippen LogP contribution >= 0.6 is 24.0 Å². The number of aliphatic carboxylic acids is 2. The molecule has 1 heterocycles. The fourth-order valence-electron chi connectivity index (χ4n) is 6.19. The minimum Gasteiger partial charge on any atom is -0.481 e. The second-order valence-electron chi connectivity index (χ2n) is 16.5. The summed E-state index contributed by atoms with van der Waals surface area (Å²) in [5.41, 5.74) is 0.0613. The molecule has 1 aromatic carbocycles. The fourth-order valence-corrected chi connectivity index (χ4v) is 7.26. The van der Waals surface area contributed by atoms with E-state index < -0.39 is 133 Å². The number of thiocarbonyl (C=S) groups is 1. The Kier molecular flexibility index (Phi) is 20.8. The van der Waals surface area contributed by atoms with E-state index >= 15 is 0 Å². The Balaban J connectivity index is 2.46. The van der Waals surface area contributed by atoms with E-state index in [0.29, 0.717) is 11.1 Å². The third-order valence-electron chi connectivity index (χ3n) is 9.47. The maximum Gasteiger partial charge on any atom is 0.391 e. The lowest BCUT2D eigenvalue weighted by atomic mass is 9.85. The van der Waals surface area contributed by atoms with Crippen molar-refractivity contribution in [1.82, 2.24) is 36.8 Å². The lowest BCUT2D eigenvalue weighted by molar-refractivity contribution is -0.147. The smallest absolute Gasteiger partial charge is 0.391 e. The highest BCUT2D eigenvalue weighted by atomic mass is 32.2. The van der Waals surface area contributed by atoms with Gasteiger partial charge in [-0.25, -0.2) is 0 Å². The second kappa shape index (κ2) is 24.4. The normalized spacial score (nSPS) is 15.8. The van der Waals surface area contributed by atoms with Crippen LogP contribution in [0.25, 0.3) is 0 Å². The number of benzene rings is 1. The molecule has 0 saturated carbocycles. The van der Waals surface area contributed by atoms with Crippen molar-refractivity contribution in [3.05, 3.63) is 35.4 Å². The van der Waals surface area contributed by atoms with Crippen molar-refractivity contribution in [2.75, 3.05) is 12.3 Å². The molecule has 6 atom stereocenters. The van der Waals surface area contributed by atoms with E-state index in [1.54, 1.807) is 65.8 Å². The van der Waals surface area contributed by atoms with Gasteiger partial charge in [-0.15, -0.1) is 0 Å². The summed E-state index contributed by atoms with van der Waals surface area (Å²) in [5, 5.41) is 32.9. The third-order valence-corrected chi connectivity index (χ3v) is 10.9. The Morgan fingerprint density at radius 2 is 1.38 bits per heavy atom. The molecule has 0 bridgehead atoms. The van der Waals surface area contributed by atoms with Gasteiger partial charge >= 0.3 is 18.1 Å². The number of nitrogens with zero attached hydrogens (tertiary/aromatic N) is 1. The number of nitrogens with one attached hydrogen (secondary N) is 6. The zero-order valence-corrected chi connectivity index (χ0v) is 37.6. The molecule has 0 spiro atoms. The first-order chi connectivity index (χ1) is 29.6. The minimum absolute atomic E-state index is 0.0311. The van der Waals surface area contributed by atoms with E-state index in [-0.39, 0.29) is 35.1 Å². The Hall–Kier alpha value is -5.65. The highest BCUT2D eigenvalue weighted by Crippen LogP contribution is 2.23. The first kappa shape index (κ1) is 54.5. The summed E-state index contributed by atoms with van der Waals surface area (Å²) in [6.07, 6.45) is -9.16. The van der Waals surface area contributed by atoms with Crippen molar-refractivity contribution in [1.29, 1.82) is 0 Å². The van der Waals surface area contributed by atoms with Crippen LogP contribution in [0.2, 0.25) is 0 Å². The summed E-state index contributed by atoms with van der Waals surface area (Å²) in [6.45, 7) is 9.06. The average Bonchev–Trinajstić information content (AvgIpc) is 3.48. The number of carbonyl (C=O) groups excluding carboxylic acids is 8. The molecule has 0 unspecified atom stereocenters. The summed E-state index contributed by atoms with van der Waals surface area (Å²) in [7, 11) is 0. The predicted octanol–water partition coefficient (Wildman–Crippen LogP) is 0.890. The Morgan fingerprint density at radius 3 is 1.89 bits per heavy atom. The maximum atomic E-state index is 14.3. The Morgan fingerprint density at radius 1 is 0.812 bits per heavy atom.